The van der Waals surface area contributed by atoms with Gasteiger partial charge in [0.25, 0.3) is 5.92 Å². The molecular weight excluding hydrogens is 141 g/mol. The number of hydrogen-bond donors (Lipinski definition) is 0. The van der Waals surface area contributed by atoms with Crippen LogP contribution in [0.25, 0.3) is 0 Å². The monoisotopic (exact) mass is 150 g/mol. The predicted octanol–water partition coefficient (Wildman–Crippen LogP) is 2.53. The molecule has 2 aliphatic rings. The van der Waals surface area contributed by atoms with Crippen LogP contribution in [-0.4, -0.2) is 11.6 Å². The van der Waals surface area contributed by atoms with E-state index in [9.17, 15) is 13.2 Å². The van der Waals surface area contributed by atoms with Gasteiger partial charge in [0.05, 0.1) is 0 Å². The van der Waals surface area contributed by atoms with Crippen LogP contribution in [0.5, 0.6) is 0 Å². The van der Waals surface area contributed by atoms with Crippen molar-refractivity contribution in [3.8, 4) is 0 Å². The Morgan fingerprint density at radius 1 is 1.00 bits per heavy atom. The lowest BCUT2D eigenvalue weighted by molar-refractivity contribution is -0.220. The molecule has 3 heteroatoms. The molecule has 0 amide bonds. The van der Waals surface area contributed by atoms with Crippen molar-refractivity contribution < 1.29 is 13.2 Å². The van der Waals surface area contributed by atoms with E-state index >= 15 is 0 Å². The lowest BCUT2D eigenvalue weighted by Gasteiger charge is -2.42. The second-order valence-electron chi connectivity index (χ2n) is 3.34. The molecule has 0 spiro atoms. The van der Waals surface area contributed by atoms with Crippen molar-refractivity contribution in [2.75, 3.05) is 0 Å². The van der Waals surface area contributed by atoms with Gasteiger partial charge < -0.3 is 0 Å². The molecule has 0 bridgehead atoms. The fraction of sp³-hybridized carbons (Fsp3) is 1.00. The van der Waals surface area contributed by atoms with Crippen LogP contribution in [0, 0.1) is 5.92 Å². The molecule has 0 radical (unpaired) electrons. The molecule has 10 heavy (non-hydrogen) atoms. The highest BCUT2D eigenvalue weighted by Crippen LogP contribution is 2.60. The summed E-state index contributed by atoms with van der Waals surface area (Å²) >= 11 is 0. The second-order valence-corrected chi connectivity index (χ2v) is 3.34. The van der Waals surface area contributed by atoms with Gasteiger partial charge in [-0.05, 0) is 25.2 Å². The van der Waals surface area contributed by atoms with E-state index in [0.29, 0.717) is 12.8 Å². The largest absolute Gasteiger partial charge is 0.281 e. The first-order valence-corrected chi connectivity index (χ1v) is 3.63. The normalized spacial score (nSPS) is 44.7. The zero-order valence-corrected chi connectivity index (χ0v) is 5.54. The van der Waals surface area contributed by atoms with Gasteiger partial charge in [-0.3, -0.25) is 0 Å². The second kappa shape index (κ2) is 1.51. The number of alkyl halides is 3. The van der Waals surface area contributed by atoms with E-state index in [1.807, 2.05) is 0 Å². The van der Waals surface area contributed by atoms with Gasteiger partial charge in [0, 0.05) is 6.42 Å². The SMILES string of the molecule is FC1(F)CCC1(F)C1CC1. The van der Waals surface area contributed by atoms with E-state index in [2.05, 4.69) is 0 Å². The topological polar surface area (TPSA) is 0 Å². The third kappa shape index (κ3) is 0.584. The van der Waals surface area contributed by atoms with E-state index in [-0.39, 0.29) is 18.8 Å². The third-order valence-corrected chi connectivity index (χ3v) is 2.64. The highest BCUT2D eigenvalue weighted by molar-refractivity contribution is 5.11. The van der Waals surface area contributed by atoms with Crippen molar-refractivity contribution >= 4 is 0 Å². The van der Waals surface area contributed by atoms with Crippen LogP contribution in [0.3, 0.4) is 0 Å². The van der Waals surface area contributed by atoms with Crippen molar-refractivity contribution in [2.24, 2.45) is 5.92 Å². The number of halogens is 3. The van der Waals surface area contributed by atoms with Crippen molar-refractivity contribution in [2.45, 2.75) is 37.3 Å². The quantitative estimate of drug-likeness (QED) is 0.538. The van der Waals surface area contributed by atoms with Crippen LogP contribution >= 0.6 is 0 Å². The van der Waals surface area contributed by atoms with E-state index in [4.69, 9.17) is 0 Å². The molecular formula is C7H9F3. The average molecular weight is 150 g/mol. The average Bonchev–Trinajstić information content (AvgIpc) is 2.65. The Hall–Kier alpha value is -0.210. The van der Waals surface area contributed by atoms with Crippen molar-refractivity contribution in [3.05, 3.63) is 0 Å². The van der Waals surface area contributed by atoms with Crippen LogP contribution in [0.4, 0.5) is 13.2 Å². The maximum absolute atomic E-state index is 13.1. The van der Waals surface area contributed by atoms with E-state index in [1.54, 1.807) is 0 Å². The minimum Gasteiger partial charge on any atom is -0.237 e. The fourth-order valence-corrected chi connectivity index (χ4v) is 1.60. The Morgan fingerprint density at radius 2 is 1.60 bits per heavy atom. The molecule has 1 atom stereocenters. The molecule has 0 aliphatic heterocycles. The molecule has 2 aliphatic carbocycles. The molecule has 58 valence electrons. The summed E-state index contributed by atoms with van der Waals surface area (Å²) in [7, 11) is 0. The Kier molecular flexibility index (Phi) is 0.982. The van der Waals surface area contributed by atoms with Gasteiger partial charge in [-0.2, -0.15) is 0 Å². The van der Waals surface area contributed by atoms with Gasteiger partial charge in [-0.25, -0.2) is 13.2 Å². The zero-order chi connectivity index (χ0) is 7.41. The molecule has 0 N–H and O–H groups in total. The van der Waals surface area contributed by atoms with E-state index in [1.165, 1.54) is 0 Å². The Labute approximate surface area is 57.4 Å². The van der Waals surface area contributed by atoms with E-state index in [0.717, 1.165) is 0 Å². The first-order valence-electron chi connectivity index (χ1n) is 3.63. The molecule has 0 aromatic rings. The maximum Gasteiger partial charge on any atom is 0.281 e. The minimum absolute atomic E-state index is 0.0741. The first kappa shape index (κ1) is 6.50. The van der Waals surface area contributed by atoms with Gasteiger partial charge in [0.2, 0.25) is 0 Å². The summed E-state index contributed by atoms with van der Waals surface area (Å²) in [6, 6.07) is 0. The molecule has 2 saturated carbocycles. The fourth-order valence-electron chi connectivity index (χ4n) is 1.60. The summed E-state index contributed by atoms with van der Waals surface area (Å²) in [4.78, 5) is 0. The van der Waals surface area contributed by atoms with Crippen molar-refractivity contribution in [1.29, 1.82) is 0 Å². The maximum atomic E-state index is 13.1. The lowest BCUT2D eigenvalue weighted by Crippen LogP contribution is -2.55. The van der Waals surface area contributed by atoms with E-state index < -0.39 is 11.6 Å². The van der Waals surface area contributed by atoms with Crippen LogP contribution in [0.2, 0.25) is 0 Å². The van der Waals surface area contributed by atoms with Gasteiger partial charge >= 0.3 is 0 Å². The molecule has 0 heterocycles. The molecule has 1 unspecified atom stereocenters. The summed E-state index contributed by atoms with van der Waals surface area (Å²) in [6.45, 7) is 0. The zero-order valence-electron chi connectivity index (χ0n) is 5.54. The highest BCUT2D eigenvalue weighted by atomic mass is 19.3. The molecule has 2 fully saturated rings. The van der Waals surface area contributed by atoms with Gasteiger partial charge in [-0.15, -0.1) is 0 Å². The molecule has 2 rings (SSSR count). The van der Waals surface area contributed by atoms with Crippen LogP contribution in [0.15, 0.2) is 0 Å². The van der Waals surface area contributed by atoms with Crippen LogP contribution in [-0.2, 0) is 0 Å². The van der Waals surface area contributed by atoms with Crippen LogP contribution in [0.1, 0.15) is 25.7 Å². The van der Waals surface area contributed by atoms with Crippen molar-refractivity contribution in [3.63, 3.8) is 0 Å². The highest BCUT2D eigenvalue weighted by Gasteiger charge is 2.68. The summed E-state index contributed by atoms with van der Waals surface area (Å²) in [5.41, 5.74) is -2.10. The smallest absolute Gasteiger partial charge is 0.237 e. The molecule has 0 nitrogen and oxygen atoms in total. The number of hydrogen-bond acceptors (Lipinski definition) is 0. The van der Waals surface area contributed by atoms with Gasteiger partial charge in [0.15, 0.2) is 5.67 Å². The van der Waals surface area contributed by atoms with Crippen LogP contribution < -0.4 is 0 Å². The minimum atomic E-state index is -3.01. The first-order chi connectivity index (χ1) is 4.56. The summed E-state index contributed by atoms with van der Waals surface area (Å²) in [5, 5.41) is 0. The van der Waals surface area contributed by atoms with Gasteiger partial charge in [0.1, 0.15) is 0 Å². The van der Waals surface area contributed by atoms with Crippen molar-refractivity contribution in [1.82, 2.24) is 0 Å². The third-order valence-electron chi connectivity index (χ3n) is 2.64. The molecule has 0 saturated heterocycles. The summed E-state index contributed by atoms with van der Waals surface area (Å²) in [6.07, 6.45) is 1.14. The Morgan fingerprint density at radius 3 is 1.70 bits per heavy atom. The molecule has 0 aromatic carbocycles. The standard InChI is InChI=1S/C7H9F3/c8-6(5-1-2-5)3-4-7(6,9)10/h5H,1-4H2. The lowest BCUT2D eigenvalue weighted by atomic mass is 9.74. The Bertz CT molecular complexity index is 162. The van der Waals surface area contributed by atoms with Gasteiger partial charge in [-0.1, -0.05) is 0 Å². The molecule has 0 aromatic heterocycles. The Balaban J connectivity index is 2.14. The summed E-state index contributed by atoms with van der Waals surface area (Å²) in [5.74, 6) is -3.33. The number of rotatable bonds is 1. The summed E-state index contributed by atoms with van der Waals surface area (Å²) < 4.78 is 38.1. The predicted molar refractivity (Wildman–Crippen MR) is 30.7 cm³/mol.